The number of nitrogens with zero attached hydrogens (tertiary/aromatic N) is 2. The van der Waals surface area contributed by atoms with Crippen molar-refractivity contribution in [2.75, 3.05) is 30.5 Å². The molecule has 1 saturated heterocycles. The highest BCUT2D eigenvalue weighted by Gasteiger charge is 2.24. The molecule has 0 atom stereocenters. The Hall–Kier alpha value is -2.22. The molecule has 1 heterocycles. The number of hydrogen-bond acceptors (Lipinski definition) is 4. The highest BCUT2D eigenvalue weighted by molar-refractivity contribution is 7.95. The first-order valence-corrected chi connectivity index (χ1v) is 14.8. The van der Waals surface area contributed by atoms with E-state index >= 15 is 0 Å². The zero-order chi connectivity index (χ0) is 26.1. The maximum absolute atomic E-state index is 13.6. The Kier molecular flexibility index (Phi) is 11.8. The van der Waals surface area contributed by atoms with Crippen LogP contribution in [0.3, 0.4) is 0 Å². The lowest BCUT2D eigenvalue weighted by molar-refractivity contribution is 0.204. The molecule has 0 amide bonds. The molecular weight excluding hydrogens is 563 g/mol. The zero-order valence-electron chi connectivity index (χ0n) is 21.1. The Bertz CT molecular complexity index is 1300. The van der Waals surface area contributed by atoms with Gasteiger partial charge in [-0.25, -0.2) is 8.42 Å². The molecule has 0 radical (unpaired) electrons. The minimum atomic E-state index is -3.92. The van der Waals surface area contributed by atoms with Gasteiger partial charge in [0, 0.05) is 17.1 Å². The Balaban J connectivity index is 0.00000400. The first-order valence-electron chi connectivity index (χ1n) is 12.6. The lowest BCUT2D eigenvalue weighted by Gasteiger charge is -2.26. The van der Waals surface area contributed by atoms with Gasteiger partial charge in [-0.2, -0.15) is 0 Å². The fourth-order valence-electron chi connectivity index (χ4n) is 4.37. The highest BCUT2D eigenvalue weighted by atomic mass is 35.5. The van der Waals surface area contributed by atoms with Gasteiger partial charge >= 0.3 is 0 Å². The Morgan fingerprint density at radius 2 is 1.63 bits per heavy atom. The number of halogens is 3. The predicted octanol–water partition coefficient (Wildman–Crippen LogP) is 7.68. The second-order valence-corrected chi connectivity index (χ2v) is 11.7. The molecule has 1 aliphatic rings. The summed E-state index contributed by atoms with van der Waals surface area (Å²) in [5.74, 6) is 0.659. The number of ether oxygens (including phenoxy) is 1. The number of hydrogen-bond donors (Lipinski definition) is 0. The SMILES string of the molecule is Cl.O=S(=O)(C=Cc1ccccc1)N(Cc1ccccc1OCCCN1CCCCC1)c1cc(Cl)ccc1Cl. The van der Waals surface area contributed by atoms with Crippen molar-refractivity contribution in [2.24, 2.45) is 0 Å². The first-order chi connectivity index (χ1) is 17.9. The summed E-state index contributed by atoms with van der Waals surface area (Å²) in [6.07, 6.45) is 6.33. The van der Waals surface area contributed by atoms with Gasteiger partial charge in [-0.15, -0.1) is 12.4 Å². The van der Waals surface area contributed by atoms with Crippen LogP contribution in [0.15, 0.2) is 78.2 Å². The van der Waals surface area contributed by atoms with Gasteiger partial charge < -0.3 is 9.64 Å². The molecule has 4 rings (SSSR count). The van der Waals surface area contributed by atoms with Crippen LogP contribution in [-0.4, -0.2) is 39.6 Å². The van der Waals surface area contributed by atoms with Crippen molar-refractivity contribution in [1.82, 2.24) is 4.90 Å². The molecule has 0 unspecified atom stereocenters. The molecule has 1 fully saturated rings. The van der Waals surface area contributed by atoms with Gasteiger partial charge in [-0.3, -0.25) is 4.31 Å². The molecule has 204 valence electrons. The topological polar surface area (TPSA) is 49.9 Å². The fraction of sp³-hybridized carbons (Fsp3) is 0.310. The van der Waals surface area contributed by atoms with Crippen LogP contribution in [0.1, 0.15) is 36.8 Å². The third kappa shape index (κ3) is 8.65. The monoisotopic (exact) mass is 594 g/mol. The van der Waals surface area contributed by atoms with Gasteiger partial charge in [0.05, 0.1) is 29.3 Å². The molecule has 3 aromatic carbocycles. The number of rotatable bonds is 11. The van der Waals surface area contributed by atoms with Crippen LogP contribution >= 0.6 is 35.6 Å². The number of sulfonamides is 1. The van der Waals surface area contributed by atoms with Crippen molar-refractivity contribution in [3.8, 4) is 5.75 Å². The Labute approximate surface area is 242 Å². The van der Waals surface area contributed by atoms with Crippen LogP contribution in [0.2, 0.25) is 10.0 Å². The van der Waals surface area contributed by atoms with Crippen LogP contribution < -0.4 is 9.04 Å². The molecule has 0 aromatic heterocycles. The van der Waals surface area contributed by atoms with E-state index in [0.717, 1.165) is 37.2 Å². The molecule has 0 saturated carbocycles. The number of likely N-dealkylation sites (tertiary alicyclic amines) is 1. The number of benzene rings is 3. The number of anilines is 1. The summed E-state index contributed by atoms with van der Waals surface area (Å²) < 4.78 is 34.6. The minimum Gasteiger partial charge on any atom is -0.493 e. The first kappa shape index (κ1) is 30.3. The number of piperidine rings is 1. The lowest BCUT2D eigenvalue weighted by Crippen LogP contribution is -2.31. The van der Waals surface area contributed by atoms with Crippen molar-refractivity contribution in [3.05, 3.63) is 99.4 Å². The van der Waals surface area contributed by atoms with E-state index in [1.54, 1.807) is 24.3 Å². The van der Waals surface area contributed by atoms with E-state index in [4.69, 9.17) is 27.9 Å². The summed E-state index contributed by atoms with van der Waals surface area (Å²) in [6.45, 7) is 3.92. The summed E-state index contributed by atoms with van der Waals surface area (Å²) in [5.41, 5.74) is 1.83. The Morgan fingerprint density at radius 1 is 0.921 bits per heavy atom. The molecule has 38 heavy (non-hydrogen) atoms. The molecule has 0 spiro atoms. The van der Waals surface area contributed by atoms with Crippen LogP contribution in [0.5, 0.6) is 5.75 Å². The third-order valence-corrected chi connectivity index (χ3v) is 8.30. The average molecular weight is 596 g/mol. The van der Waals surface area contributed by atoms with Crippen molar-refractivity contribution in [2.45, 2.75) is 32.2 Å². The van der Waals surface area contributed by atoms with Crippen molar-refractivity contribution in [1.29, 1.82) is 0 Å². The van der Waals surface area contributed by atoms with E-state index in [-0.39, 0.29) is 19.0 Å². The Morgan fingerprint density at radius 3 is 2.39 bits per heavy atom. The van der Waals surface area contributed by atoms with E-state index in [1.807, 2.05) is 54.6 Å². The molecule has 0 aliphatic carbocycles. The molecule has 3 aromatic rings. The lowest BCUT2D eigenvalue weighted by atomic mass is 10.1. The van der Waals surface area contributed by atoms with Gasteiger partial charge in [0.25, 0.3) is 10.0 Å². The normalized spacial score (nSPS) is 14.3. The van der Waals surface area contributed by atoms with E-state index in [9.17, 15) is 8.42 Å². The van der Waals surface area contributed by atoms with E-state index in [0.29, 0.717) is 28.1 Å². The van der Waals surface area contributed by atoms with Gasteiger partial charge in [-0.05, 0) is 68.3 Å². The van der Waals surface area contributed by atoms with Crippen LogP contribution in [0.25, 0.3) is 6.08 Å². The van der Waals surface area contributed by atoms with Crippen molar-refractivity contribution >= 4 is 57.4 Å². The quantitative estimate of drug-likeness (QED) is 0.213. The van der Waals surface area contributed by atoms with Gasteiger partial charge in [0.1, 0.15) is 5.75 Å². The van der Waals surface area contributed by atoms with Crippen LogP contribution in [-0.2, 0) is 16.6 Å². The summed E-state index contributed by atoms with van der Waals surface area (Å²) in [5, 5.41) is 1.89. The zero-order valence-corrected chi connectivity index (χ0v) is 24.3. The third-order valence-electron chi connectivity index (χ3n) is 6.33. The van der Waals surface area contributed by atoms with Crippen molar-refractivity contribution in [3.63, 3.8) is 0 Å². The average Bonchev–Trinajstić information content (AvgIpc) is 2.92. The smallest absolute Gasteiger partial charge is 0.257 e. The van der Waals surface area contributed by atoms with Gasteiger partial charge in [-0.1, -0.05) is 78.2 Å². The number of para-hydroxylation sites is 1. The molecule has 0 N–H and O–H groups in total. The second kappa shape index (κ2) is 14.8. The van der Waals surface area contributed by atoms with E-state index in [1.165, 1.54) is 29.0 Å². The molecule has 0 bridgehead atoms. The highest BCUT2D eigenvalue weighted by Crippen LogP contribution is 2.34. The largest absolute Gasteiger partial charge is 0.493 e. The fourth-order valence-corrected chi connectivity index (χ4v) is 6.03. The minimum absolute atomic E-state index is 0. The predicted molar refractivity (Wildman–Crippen MR) is 161 cm³/mol. The molecular formula is C29H33Cl3N2O3S. The maximum Gasteiger partial charge on any atom is 0.257 e. The summed E-state index contributed by atoms with van der Waals surface area (Å²) in [4.78, 5) is 2.48. The van der Waals surface area contributed by atoms with Gasteiger partial charge in [0.15, 0.2) is 0 Å². The summed E-state index contributed by atoms with van der Waals surface area (Å²) in [6, 6.07) is 21.6. The van der Waals surface area contributed by atoms with Crippen molar-refractivity contribution < 1.29 is 13.2 Å². The van der Waals surface area contributed by atoms with Gasteiger partial charge in [0.2, 0.25) is 0 Å². The van der Waals surface area contributed by atoms with E-state index in [2.05, 4.69) is 4.90 Å². The molecule has 9 heteroatoms. The summed E-state index contributed by atoms with van der Waals surface area (Å²) >= 11 is 12.7. The molecule has 1 aliphatic heterocycles. The van der Waals surface area contributed by atoms with E-state index < -0.39 is 10.0 Å². The maximum atomic E-state index is 13.6. The standard InChI is InChI=1S/C29H32Cl2N2O3S.ClH/c30-26-14-15-27(31)28(22-26)33(37(34,35)21-16-24-10-3-1-4-11-24)23-25-12-5-6-13-29(25)36-20-9-19-32-17-7-2-8-18-32;/h1,3-6,10-16,21-22H,2,7-9,17-20,23H2;1H. The molecule has 5 nitrogen and oxygen atoms in total. The van der Waals surface area contributed by atoms with Crippen LogP contribution in [0.4, 0.5) is 5.69 Å². The van der Waals surface area contributed by atoms with Crippen LogP contribution in [0, 0.1) is 0 Å². The summed E-state index contributed by atoms with van der Waals surface area (Å²) in [7, 11) is -3.92. The second-order valence-electron chi connectivity index (χ2n) is 9.07.